The van der Waals surface area contributed by atoms with Gasteiger partial charge in [0.05, 0.1) is 6.20 Å². The van der Waals surface area contributed by atoms with E-state index in [1.807, 2.05) is 0 Å². The van der Waals surface area contributed by atoms with E-state index in [0.29, 0.717) is 5.82 Å². The zero-order valence-electron chi connectivity index (χ0n) is 13.4. The van der Waals surface area contributed by atoms with Crippen LogP contribution in [0.2, 0.25) is 0 Å². The van der Waals surface area contributed by atoms with Crippen molar-refractivity contribution in [3.63, 3.8) is 0 Å². The summed E-state index contributed by atoms with van der Waals surface area (Å²) in [5.41, 5.74) is 5.28. The van der Waals surface area contributed by atoms with Crippen molar-refractivity contribution in [2.75, 3.05) is 0 Å². The van der Waals surface area contributed by atoms with E-state index in [0.717, 1.165) is 4.88 Å². The second-order valence-corrected chi connectivity index (χ2v) is 6.17. The van der Waals surface area contributed by atoms with Crippen molar-refractivity contribution >= 4 is 29.1 Å². The molecule has 0 fully saturated rings. The Morgan fingerprint density at radius 1 is 1.15 bits per heavy atom. The molecule has 0 spiro atoms. The molecule has 3 heterocycles. The van der Waals surface area contributed by atoms with Crippen LogP contribution >= 0.6 is 11.5 Å². The van der Waals surface area contributed by atoms with E-state index in [2.05, 4.69) is 19.8 Å². The third-order valence-electron chi connectivity index (χ3n) is 3.50. The molecule has 3 aromatic rings. The summed E-state index contributed by atoms with van der Waals surface area (Å²) < 4.78 is 5.28. The fourth-order valence-electron chi connectivity index (χ4n) is 2.30. The van der Waals surface area contributed by atoms with Gasteiger partial charge < -0.3 is 11.1 Å². The molecule has 0 aliphatic carbocycles. The predicted molar refractivity (Wildman–Crippen MR) is 92.6 cm³/mol. The molecule has 132 valence electrons. The van der Waals surface area contributed by atoms with Gasteiger partial charge in [-0.05, 0) is 35.8 Å². The molecule has 0 aliphatic heterocycles. The number of ketones is 1. The fourth-order valence-corrected chi connectivity index (χ4v) is 2.92. The third-order valence-corrected chi connectivity index (χ3v) is 4.27. The second kappa shape index (κ2) is 7.66. The Balaban J connectivity index is 1.83. The van der Waals surface area contributed by atoms with Crippen molar-refractivity contribution in [1.82, 2.24) is 24.5 Å². The van der Waals surface area contributed by atoms with Crippen molar-refractivity contribution in [1.29, 1.82) is 0 Å². The minimum Gasteiger partial charge on any atom is -0.363 e. The van der Waals surface area contributed by atoms with Crippen LogP contribution in [0, 0.1) is 0 Å². The highest BCUT2D eigenvalue weighted by atomic mass is 32.1. The molecular formula is C16H14N6O3S. The minimum atomic E-state index is -1.11. The highest BCUT2D eigenvalue weighted by Crippen LogP contribution is 2.11. The number of amides is 2. The number of hydrogen-bond acceptors (Lipinski definition) is 7. The molecule has 0 aromatic carbocycles. The standard InChI is InChI=1S/C16H14N6O3S/c17-15(24)14(23)11(9-10-4-8-20-26-10)21-16(25)12-5-7-19-22(12)13-3-1-2-6-18-13/h1-8,11H,9H2,(H2,17,24)(H,21,25). The summed E-state index contributed by atoms with van der Waals surface area (Å²) in [6.07, 6.45) is 4.71. The molecule has 1 atom stereocenters. The summed E-state index contributed by atoms with van der Waals surface area (Å²) in [7, 11) is 0. The van der Waals surface area contributed by atoms with E-state index in [9.17, 15) is 14.4 Å². The molecule has 0 radical (unpaired) electrons. The van der Waals surface area contributed by atoms with Gasteiger partial charge in [0.2, 0.25) is 5.78 Å². The highest BCUT2D eigenvalue weighted by molar-refractivity contribution is 7.05. The third kappa shape index (κ3) is 3.81. The smallest absolute Gasteiger partial charge is 0.287 e. The maximum atomic E-state index is 12.6. The molecule has 0 saturated heterocycles. The number of pyridine rings is 1. The van der Waals surface area contributed by atoms with Gasteiger partial charge in [0, 0.05) is 23.7 Å². The molecule has 9 nitrogen and oxygen atoms in total. The molecule has 0 saturated carbocycles. The summed E-state index contributed by atoms with van der Waals surface area (Å²) in [4.78, 5) is 40.9. The van der Waals surface area contributed by atoms with Crippen LogP contribution < -0.4 is 11.1 Å². The number of nitrogens with one attached hydrogen (secondary N) is 1. The average Bonchev–Trinajstić information content (AvgIpc) is 3.32. The second-order valence-electron chi connectivity index (χ2n) is 5.25. The van der Waals surface area contributed by atoms with Crippen molar-refractivity contribution in [2.24, 2.45) is 5.73 Å². The van der Waals surface area contributed by atoms with Gasteiger partial charge in [-0.3, -0.25) is 14.4 Å². The van der Waals surface area contributed by atoms with Gasteiger partial charge in [0.15, 0.2) is 5.82 Å². The van der Waals surface area contributed by atoms with E-state index < -0.39 is 23.6 Å². The molecular weight excluding hydrogens is 356 g/mol. The molecule has 0 bridgehead atoms. The SMILES string of the molecule is NC(=O)C(=O)C(Cc1ccns1)NC(=O)c1ccnn1-c1ccccn1. The lowest BCUT2D eigenvalue weighted by Gasteiger charge is -2.15. The van der Waals surface area contributed by atoms with Crippen LogP contribution in [0.3, 0.4) is 0 Å². The van der Waals surface area contributed by atoms with E-state index in [1.165, 1.54) is 28.5 Å². The zero-order valence-corrected chi connectivity index (χ0v) is 14.2. The number of hydrogen-bond donors (Lipinski definition) is 2. The molecule has 26 heavy (non-hydrogen) atoms. The lowest BCUT2D eigenvalue weighted by molar-refractivity contribution is -0.137. The van der Waals surface area contributed by atoms with Crippen LogP contribution in [0.15, 0.2) is 48.9 Å². The van der Waals surface area contributed by atoms with Gasteiger partial charge in [0.1, 0.15) is 11.7 Å². The number of aromatic nitrogens is 4. The normalized spacial score (nSPS) is 11.7. The van der Waals surface area contributed by atoms with Gasteiger partial charge >= 0.3 is 0 Å². The molecule has 3 N–H and O–H groups in total. The van der Waals surface area contributed by atoms with Gasteiger partial charge in [-0.1, -0.05) is 6.07 Å². The summed E-state index contributed by atoms with van der Waals surface area (Å²) in [6, 6.07) is 7.29. The average molecular weight is 370 g/mol. The Morgan fingerprint density at radius 3 is 2.65 bits per heavy atom. The number of primary amides is 1. The van der Waals surface area contributed by atoms with E-state index in [1.54, 1.807) is 36.7 Å². The predicted octanol–water partition coefficient (Wildman–Crippen LogP) is 0.119. The first-order valence-corrected chi connectivity index (χ1v) is 8.33. The number of nitrogens with two attached hydrogens (primary N) is 1. The first-order valence-electron chi connectivity index (χ1n) is 7.56. The highest BCUT2D eigenvalue weighted by Gasteiger charge is 2.27. The Bertz CT molecular complexity index is 923. The van der Waals surface area contributed by atoms with Crippen LogP contribution in [0.4, 0.5) is 0 Å². The topological polar surface area (TPSA) is 133 Å². The van der Waals surface area contributed by atoms with Gasteiger partial charge in [-0.2, -0.15) is 5.10 Å². The number of carbonyl (C=O) groups excluding carboxylic acids is 3. The van der Waals surface area contributed by atoms with Gasteiger partial charge in [-0.15, -0.1) is 0 Å². The number of rotatable bonds is 7. The number of nitrogens with zero attached hydrogens (tertiary/aromatic N) is 4. The van der Waals surface area contributed by atoms with Gasteiger partial charge in [-0.25, -0.2) is 14.0 Å². The zero-order chi connectivity index (χ0) is 18.5. The largest absolute Gasteiger partial charge is 0.363 e. The quantitative estimate of drug-likeness (QED) is 0.568. The maximum Gasteiger partial charge on any atom is 0.287 e. The Labute approximate surface area is 152 Å². The monoisotopic (exact) mass is 370 g/mol. The van der Waals surface area contributed by atoms with E-state index in [4.69, 9.17) is 5.73 Å². The van der Waals surface area contributed by atoms with Crippen molar-refractivity contribution in [3.8, 4) is 5.82 Å². The molecule has 3 aromatic heterocycles. The lowest BCUT2D eigenvalue weighted by atomic mass is 10.1. The summed E-state index contributed by atoms with van der Waals surface area (Å²) in [6.45, 7) is 0. The maximum absolute atomic E-state index is 12.6. The number of Topliss-reactive ketones (excluding diaryl/α,β-unsaturated/α-hetero) is 1. The summed E-state index contributed by atoms with van der Waals surface area (Å²) in [5, 5.41) is 6.63. The molecule has 0 aliphatic rings. The van der Waals surface area contributed by atoms with Crippen LogP contribution in [-0.2, 0) is 16.0 Å². The van der Waals surface area contributed by atoms with Gasteiger partial charge in [0.25, 0.3) is 11.8 Å². The molecule has 3 rings (SSSR count). The van der Waals surface area contributed by atoms with Crippen molar-refractivity contribution in [3.05, 3.63) is 59.5 Å². The fraction of sp³-hybridized carbons (Fsp3) is 0.125. The first-order chi connectivity index (χ1) is 12.6. The molecule has 10 heteroatoms. The molecule has 1 unspecified atom stereocenters. The summed E-state index contributed by atoms with van der Waals surface area (Å²) in [5.74, 6) is -2.12. The Hall–Kier alpha value is -3.40. The van der Waals surface area contributed by atoms with E-state index in [-0.39, 0.29) is 12.1 Å². The van der Waals surface area contributed by atoms with Crippen LogP contribution in [0.5, 0.6) is 0 Å². The Morgan fingerprint density at radius 2 is 2.00 bits per heavy atom. The number of carbonyl (C=O) groups is 3. The van der Waals surface area contributed by atoms with E-state index >= 15 is 0 Å². The van der Waals surface area contributed by atoms with Crippen LogP contribution in [-0.4, -0.2) is 42.8 Å². The lowest BCUT2D eigenvalue weighted by Crippen LogP contribution is -2.47. The first kappa shape index (κ1) is 17.4. The minimum absolute atomic E-state index is 0.121. The Kier molecular flexibility index (Phi) is 5.13. The van der Waals surface area contributed by atoms with Crippen LogP contribution in [0.25, 0.3) is 5.82 Å². The van der Waals surface area contributed by atoms with Crippen LogP contribution in [0.1, 0.15) is 15.4 Å². The summed E-state index contributed by atoms with van der Waals surface area (Å²) >= 11 is 1.17. The van der Waals surface area contributed by atoms with Crippen molar-refractivity contribution < 1.29 is 14.4 Å². The van der Waals surface area contributed by atoms with Crippen molar-refractivity contribution in [2.45, 2.75) is 12.5 Å². The molecule has 2 amide bonds.